The van der Waals surface area contributed by atoms with E-state index in [0.29, 0.717) is 49.2 Å². The molecule has 0 fully saturated rings. The van der Waals surface area contributed by atoms with Crippen molar-refractivity contribution in [3.8, 4) is 0 Å². The van der Waals surface area contributed by atoms with Crippen LogP contribution in [0.2, 0.25) is 0 Å². The molecule has 2 atom stereocenters. The number of nitrogens with zero attached hydrogens (tertiary/aromatic N) is 2. The van der Waals surface area contributed by atoms with Gasteiger partial charge in [0.15, 0.2) is 0 Å². The Morgan fingerprint density at radius 3 is 2.54 bits per heavy atom. The van der Waals surface area contributed by atoms with Crippen LogP contribution in [0.4, 0.5) is 11.5 Å². The second-order valence-corrected chi connectivity index (χ2v) is 10.4. The molecule has 3 aromatic rings. The van der Waals surface area contributed by atoms with Gasteiger partial charge in [0.25, 0.3) is 5.91 Å². The maximum atomic E-state index is 12.9. The average Bonchev–Trinajstić information content (AvgIpc) is 2.99. The first-order valence-electron chi connectivity index (χ1n) is 13.2. The number of hydrogen-bond acceptors (Lipinski definition) is 8. The summed E-state index contributed by atoms with van der Waals surface area (Å²) in [5, 5.41) is 19.6. The minimum Gasteiger partial charge on any atom is -0.481 e. The molecule has 2 aromatic carbocycles. The molecule has 0 radical (unpaired) electrons. The zero-order valence-electron chi connectivity index (χ0n) is 22.3. The molecular weight excluding hydrogens is 542 g/mol. The van der Waals surface area contributed by atoms with Crippen LogP contribution in [0.15, 0.2) is 77.9 Å². The molecule has 1 aromatic heterocycles. The second-order valence-electron chi connectivity index (χ2n) is 9.48. The van der Waals surface area contributed by atoms with E-state index < -0.39 is 24.3 Å². The van der Waals surface area contributed by atoms with Crippen LogP contribution in [0, 0.1) is 5.92 Å². The Morgan fingerprint density at radius 2 is 1.83 bits per heavy atom. The molecule has 2 heterocycles. The number of hydrogen-bond donors (Lipinski definition) is 4. The van der Waals surface area contributed by atoms with Crippen molar-refractivity contribution in [2.45, 2.75) is 31.7 Å². The fraction of sp³-hybridized carbons (Fsp3) is 0.267. The zero-order valence-corrected chi connectivity index (χ0v) is 23.1. The molecule has 2 unspecified atom stereocenters. The topological polar surface area (TPSA) is 150 Å². The summed E-state index contributed by atoms with van der Waals surface area (Å²) in [6, 6.07) is 13.6. The number of amides is 2. The van der Waals surface area contributed by atoms with Crippen molar-refractivity contribution in [3.05, 3.63) is 83.4 Å². The number of thioether (sulfide) groups is 1. The number of anilines is 2. The number of para-hydroxylation sites is 2. The molecule has 10 nitrogen and oxygen atoms in total. The first-order valence-corrected chi connectivity index (χ1v) is 14.3. The highest BCUT2D eigenvalue weighted by Crippen LogP contribution is 2.26. The molecular formula is C30H31N5O5S. The molecule has 1 aliphatic heterocycles. The molecule has 11 heteroatoms. The normalized spacial score (nSPS) is 14.0. The van der Waals surface area contributed by atoms with Crippen molar-refractivity contribution in [1.82, 2.24) is 20.6 Å². The average molecular weight is 574 g/mol. The van der Waals surface area contributed by atoms with Crippen molar-refractivity contribution >= 4 is 58.4 Å². The van der Waals surface area contributed by atoms with E-state index in [0.717, 1.165) is 22.3 Å². The third kappa shape index (κ3) is 8.74. The number of rotatable bonds is 14. The number of nitrogens with one attached hydrogen (secondary N) is 3. The standard InChI is InChI=1S/C30H31N5O5S/c36-18-23(16-28(37)38)34-30(40)24(21-6-5-15-41-19-21)7-3-4-14-31-29(39)20-10-12-22(13-11-20)33-27-17-32-25-8-1-2-9-26(25)35-27/h1-2,5-6,8-13,15,17-18,23-24H,3-4,7,14,16,19H2,(H,31,39)(H,33,35)(H,34,40)(H,37,38). The van der Waals surface area contributed by atoms with E-state index in [9.17, 15) is 19.2 Å². The molecule has 41 heavy (non-hydrogen) atoms. The molecule has 0 spiro atoms. The lowest BCUT2D eigenvalue weighted by Crippen LogP contribution is -2.42. The van der Waals surface area contributed by atoms with Gasteiger partial charge in [-0.3, -0.25) is 19.4 Å². The Morgan fingerprint density at radius 1 is 1.05 bits per heavy atom. The van der Waals surface area contributed by atoms with E-state index in [-0.39, 0.29) is 11.8 Å². The van der Waals surface area contributed by atoms with Crippen LogP contribution in [0.3, 0.4) is 0 Å². The van der Waals surface area contributed by atoms with Crippen molar-refractivity contribution in [1.29, 1.82) is 0 Å². The number of unbranched alkanes of at least 4 members (excludes halogenated alkanes) is 1. The van der Waals surface area contributed by atoms with Crippen LogP contribution in [0.5, 0.6) is 0 Å². The Balaban J connectivity index is 1.25. The predicted molar refractivity (Wildman–Crippen MR) is 159 cm³/mol. The SMILES string of the molecule is O=CC(CC(=O)O)NC(=O)C(CCCCNC(=O)c1ccc(Nc2cnc3ccccc3n2)cc1)C1=CC=CSC1. The van der Waals surface area contributed by atoms with Gasteiger partial charge in [0.2, 0.25) is 5.91 Å². The first-order chi connectivity index (χ1) is 19.9. The summed E-state index contributed by atoms with van der Waals surface area (Å²) in [6.45, 7) is 0.434. The van der Waals surface area contributed by atoms with Crippen molar-refractivity contribution in [2.75, 3.05) is 17.6 Å². The molecule has 4 rings (SSSR count). The van der Waals surface area contributed by atoms with E-state index in [1.165, 1.54) is 0 Å². The van der Waals surface area contributed by atoms with Gasteiger partial charge >= 0.3 is 5.97 Å². The molecule has 212 valence electrons. The van der Waals surface area contributed by atoms with Crippen molar-refractivity contribution < 1.29 is 24.3 Å². The highest BCUT2D eigenvalue weighted by molar-refractivity contribution is 8.02. The minimum atomic E-state index is -1.16. The van der Waals surface area contributed by atoms with Crippen LogP contribution in [-0.2, 0) is 14.4 Å². The number of aromatic nitrogens is 2. The van der Waals surface area contributed by atoms with Crippen LogP contribution in [0.1, 0.15) is 36.0 Å². The molecule has 2 amide bonds. The lowest BCUT2D eigenvalue weighted by atomic mass is 9.92. The van der Waals surface area contributed by atoms with Crippen LogP contribution in [0.25, 0.3) is 11.0 Å². The maximum Gasteiger partial charge on any atom is 0.305 e. The van der Waals surface area contributed by atoms with Gasteiger partial charge in [-0.25, -0.2) is 4.98 Å². The summed E-state index contributed by atoms with van der Waals surface area (Å²) < 4.78 is 0. The van der Waals surface area contributed by atoms with Crippen LogP contribution in [-0.4, -0.2) is 57.5 Å². The highest BCUT2D eigenvalue weighted by atomic mass is 32.2. The molecule has 0 bridgehead atoms. The van der Waals surface area contributed by atoms with E-state index in [1.54, 1.807) is 42.2 Å². The largest absolute Gasteiger partial charge is 0.481 e. The van der Waals surface area contributed by atoms with Gasteiger partial charge in [-0.15, -0.1) is 11.8 Å². The number of aliphatic carboxylic acids is 1. The Bertz CT molecular complexity index is 1460. The number of allylic oxidation sites excluding steroid dienone is 2. The predicted octanol–water partition coefficient (Wildman–Crippen LogP) is 4.24. The van der Waals surface area contributed by atoms with E-state index in [4.69, 9.17) is 5.11 Å². The van der Waals surface area contributed by atoms with Crippen LogP contribution < -0.4 is 16.0 Å². The second kappa shape index (κ2) is 14.8. The minimum absolute atomic E-state index is 0.199. The van der Waals surface area contributed by atoms with Gasteiger partial charge in [-0.1, -0.05) is 30.7 Å². The number of carbonyl (C=O) groups is 4. The quantitative estimate of drug-likeness (QED) is 0.164. The summed E-state index contributed by atoms with van der Waals surface area (Å²) >= 11 is 1.57. The van der Waals surface area contributed by atoms with E-state index in [1.807, 2.05) is 41.8 Å². The zero-order chi connectivity index (χ0) is 29.0. The molecule has 4 N–H and O–H groups in total. The lowest BCUT2D eigenvalue weighted by Gasteiger charge is -2.22. The number of carboxylic acids is 1. The van der Waals surface area contributed by atoms with Crippen molar-refractivity contribution in [2.24, 2.45) is 5.92 Å². The number of benzene rings is 2. The van der Waals surface area contributed by atoms with Gasteiger partial charge in [0, 0.05) is 23.5 Å². The Labute approximate surface area is 241 Å². The van der Waals surface area contributed by atoms with Gasteiger partial charge in [0.05, 0.1) is 35.6 Å². The number of aldehydes is 1. The smallest absolute Gasteiger partial charge is 0.305 e. The van der Waals surface area contributed by atoms with Gasteiger partial charge in [-0.05, 0) is 60.2 Å². The van der Waals surface area contributed by atoms with E-state index >= 15 is 0 Å². The van der Waals surface area contributed by atoms with Gasteiger partial charge in [0.1, 0.15) is 12.1 Å². The molecule has 0 saturated carbocycles. The summed E-state index contributed by atoms with van der Waals surface area (Å²) in [5.41, 5.74) is 3.82. The number of carbonyl (C=O) groups excluding carboxylic acids is 3. The lowest BCUT2D eigenvalue weighted by molar-refractivity contribution is -0.139. The molecule has 0 aliphatic carbocycles. The third-order valence-corrected chi connectivity index (χ3v) is 7.31. The maximum absolute atomic E-state index is 12.9. The first kappa shape index (κ1) is 29.5. The summed E-state index contributed by atoms with van der Waals surface area (Å²) in [5.74, 6) is -0.945. The van der Waals surface area contributed by atoms with E-state index in [2.05, 4.69) is 25.9 Å². The highest BCUT2D eigenvalue weighted by Gasteiger charge is 2.26. The summed E-state index contributed by atoms with van der Waals surface area (Å²) in [7, 11) is 0. The Kier molecular flexibility index (Phi) is 10.6. The number of fused-ring (bicyclic) bond motifs is 1. The fourth-order valence-corrected chi connectivity index (χ4v) is 5.14. The van der Waals surface area contributed by atoms with Gasteiger partial charge in [-0.2, -0.15) is 0 Å². The summed E-state index contributed by atoms with van der Waals surface area (Å²) in [4.78, 5) is 56.7. The van der Waals surface area contributed by atoms with Gasteiger partial charge < -0.3 is 25.9 Å². The Hall–Kier alpha value is -4.51. The molecule has 0 saturated heterocycles. The van der Waals surface area contributed by atoms with Crippen LogP contribution >= 0.6 is 11.8 Å². The third-order valence-electron chi connectivity index (χ3n) is 6.46. The molecule has 1 aliphatic rings. The summed E-state index contributed by atoms with van der Waals surface area (Å²) in [6.07, 6.45) is 7.23. The fourth-order valence-electron chi connectivity index (χ4n) is 4.36. The monoisotopic (exact) mass is 573 g/mol. The van der Waals surface area contributed by atoms with Crippen molar-refractivity contribution in [3.63, 3.8) is 0 Å². The number of carboxylic acid groups (broad SMARTS) is 1.